The summed E-state index contributed by atoms with van der Waals surface area (Å²) in [6.07, 6.45) is 0. The number of hydrogen-bond donors (Lipinski definition) is 1. The van der Waals surface area contributed by atoms with Crippen LogP contribution in [0.25, 0.3) is 0 Å². The molecule has 0 aromatic heterocycles. The van der Waals surface area contributed by atoms with Crippen molar-refractivity contribution in [1.29, 1.82) is 0 Å². The van der Waals surface area contributed by atoms with Crippen LogP contribution in [0.3, 0.4) is 0 Å². The molecule has 6 nitrogen and oxygen atoms in total. The fraction of sp³-hybridized carbons (Fsp3) is 0.500. The quantitative estimate of drug-likeness (QED) is 0.873. The number of nitrogens with two attached hydrogens (primary N) is 1. The van der Waals surface area contributed by atoms with Gasteiger partial charge in [-0.15, -0.1) is 0 Å². The molecule has 0 radical (unpaired) electrons. The number of nitrogens with zero attached hydrogens (tertiary/aromatic N) is 2. The van der Waals surface area contributed by atoms with Crippen LogP contribution in [0.15, 0.2) is 29.2 Å². The Bertz CT molecular complexity index is 642. The third kappa shape index (κ3) is 3.43. The van der Waals surface area contributed by atoms with Gasteiger partial charge in [-0.2, -0.15) is 4.31 Å². The highest BCUT2D eigenvalue weighted by atomic mass is 35.5. The summed E-state index contributed by atoms with van der Waals surface area (Å²) < 4.78 is 26.6. The summed E-state index contributed by atoms with van der Waals surface area (Å²) in [6, 6.07) is 6.37. The molecule has 1 aromatic rings. The van der Waals surface area contributed by atoms with Gasteiger partial charge in [0, 0.05) is 38.6 Å². The standard InChI is InChI=1S/C14H20ClN3O3S/c1-11(10-16)14(19)17-6-8-18(9-7-17)22(20,21)13-5-3-2-4-12(13)15/h2-5,11H,6-10,16H2,1H3. The van der Waals surface area contributed by atoms with Gasteiger partial charge in [-0.1, -0.05) is 30.7 Å². The Hall–Kier alpha value is -1.15. The van der Waals surface area contributed by atoms with Gasteiger partial charge in [0.2, 0.25) is 15.9 Å². The van der Waals surface area contributed by atoms with Crippen LogP contribution < -0.4 is 5.73 Å². The number of carbonyl (C=O) groups excluding carboxylic acids is 1. The minimum atomic E-state index is -3.63. The molecule has 1 heterocycles. The average molecular weight is 346 g/mol. The second-order valence-electron chi connectivity index (χ2n) is 5.30. The van der Waals surface area contributed by atoms with E-state index in [1.54, 1.807) is 30.0 Å². The van der Waals surface area contributed by atoms with E-state index in [2.05, 4.69) is 0 Å². The van der Waals surface area contributed by atoms with Gasteiger partial charge in [-0.05, 0) is 12.1 Å². The number of halogens is 1. The number of piperazine rings is 1. The molecule has 1 aliphatic heterocycles. The van der Waals surface area contributed by atoms with Crippen LogP contribution >= 0.6 is 11.6 Å². The Morgan fingerprint density at radius 2 is 1.86 bits per heavy atom. The van der Waals surface area contributed by atoms with Gasteiger partial charge in [0.1, 0.15) is 4.90 Å². The van der Waals surface area contributed by atoms with E-state index in [1.165, 1.54) is 10.4 Å². The second-order valence-corrected chi connectivity index (χ2v) is 7.61. The highest BCUT2D eigenvalue weighted by molar-refractivity contribution is 7.89. The lowest BCUT2D eigenvalue weighted by Crippen LogP contribution is -2.52. The Kier molecular flexibility index (Phi) is 5.44. The van der Waals surface area contributed by atoms with Gasteiger partial charge >= 0.3 is 0 Å². The molecule has 1 aromatic carbocycles. The molecule has 122 valence electrons. The van der Waals surface area contributed by atoms with Crippen molar-refractivity contribution in [2.45, 2.75) is 11.8 Å². The van der Waals surface area contributed by atoms with Gasteiger partial charge in [0.05, 0.1) is 5.02 Å². The topological polar surface area (TPSA) is 83.7 Å². The van der Waals surface area contributed by atoms with E-state index in [-0.39, 0.29) is 41.4 Å². The van der Waals surface area contributed by atoms with Gasteiger partial charge < -0.3 is 10.6 Å². The molecule has 1 atom stereocenters. The van der Waals surface area contributed by atoms with Crippen molar-refractivity contribution in [2.75, 3.05) is 32.7 Å². The van der Waals surface area contributed by atoms with Gasteiger partial charge in [-0.25, -0.2) is 8.42 Å². The SMILES string of the molecule is CC(CN)C(=O)N1CCN(S(=O)(=O)c2ccccc2Cl)CC1. The number of sulfonamides is 1. The fourth-order valence-corrected chi connectivity index (χ4v) is 4.27. The molecular formula is C14H20ClN3O3S. The van der Waals surface area contributed by atoms with Crippen molar-refractivity contribution in [3.63, 3.8) is 0 Å². The van der Waals surface area contributed by atoms with Crippen LogP contribution in [-0.2, 0) is 14.8 Å². The third-order valence-electron chi connectivity index (χ3n) is 3.78. The number of hydrogen-bond acceptors (Lipinski definition) is 4. The molecule has 22 heavy (non-hydrogen) atoms. The van der Waals surface area contributed by atoms with E-state index in [1.807, 2.05) is 0 Å². The lowest BCUT2D eigenvalue weighted by molar-refractivity contribution is -0.135. The predicted octanol–water partition coefficient (Wildman–Crippen LogP) is 0.768. The maximum absolute atomic E-state index is 12.6. The molecule has 0 spiro atoms. The number of carbonyl (C=O) groups is 1. The van der Waals surface area contributed by atoms with E-state index < -0.39 is 10.0 Å². The molecule has 8 heteroatoms. The Balaban J connectivity index is 2.08. The first-order chi connectivity index (χ1) is 10.4. The second kappa shape index (κ2) is 6.95. The first-order valence-electron chi connectivity index (χ1n) is 7.11. The predicted molar refractivity (Wildman–Crippen MR) is 85.0 cm³/mol. The molecule has 0 aliphatic carbocycles. The summed E-state index contributed by atoms with van der Waals surface area (Å²) in [5.41, 5.74) is 5.50. The van der Waals surface area contributed by atoms with Gasteiger partial charge in [0.25, 0.3) is 0 Å². The summed E-state index contributed by atoms with van der Waals surface area (Å²) >= 11 is 5.98. The Labute approximate surface area is 135 Å². The van der Waals surface area contributed by atoms with Crippen LogP contribution in [0.2, 0.25) is 5.02 Å². The van der Waals surface area contributed by atoms with Crippen molar-refractivity contribution < 1.29 is 13.2 Å². The highest BCUT2D eigenvalue weighted by Gasteiger charge is 2.32. The van der Waals surface area contributed by atoms with E-state index in [0.717, 1.165) is 0 Å². The van der Waals surface area contributed by atoms with Crippen LogP contribution in [0, 0.1) is 5.92 Å². The maximum Gasteiger partial charge on any atom is 0.244 e. The Morgan fingerprint density at radius 3 is 2.41 bits per heavy atom. The molecule has 1 unspecified atom stereocenters. The molecule has 0 bridgehead atoms. The van der Waals surface area contributed by atoms with Crippen molar-refractivity contribution in [3.05, 3.63) is 29.3 Å². The van der Waals surface area contributed by atoms with Crippen molar-refractivity contribution in [1.82, 2.24) is 9.21 Å². The third-order valence-corrected chi connectivity index (χ3v) is 6.18. The Morgan fingerprint density at radius 1 is 1.27 bits per heavy atom. The molecule has 1 amide bonds. The molecular weight excluding hydrogens is 326 g/mol. The zero-order valence-electron chi connectivity index (χ0n) is 12.4. The summed E-state index contributed by atoms with van der Waals surface area (Å²) in [7, 11) is -3.63. The molecule has 2 N–H and O–H groups in total. The first kappa shape index (κ1) is 17.2. The van der Waals surface area contributed by atoms with Crippen LogP contribution in [0.5, 0.6) is 0 Å². The van der Waals surface area contributed by atoms with Crippen LogP contribution in [-0.4, -0.2) is 56.3 Å². The van der Waals surface area contributed by atoms with E-state index in [9.17, 15) is 13.2 Å². The number of rotatable bonds is 4. The average Bonchev–Trinajstić information content (AvgIpc) is 2.53. The molecule has 1 fully saturated rings. The monoisotopic (exact) mass is 345 g/mol. The normalized spacial score (nSPS) is 18.2. The van der Waals surface area contributed by atoms with Gasteiger partial charge in [-0.3, -0.25) is 4.79 Å². The van der Waals surface area contributed by atoms with Crippen LogP contribution in [0.4, 0.5) is 0 Å². The van der Waals surface area contributed by atoms with E-state index in [0.29, 0.717) is 13.1 Å². The molecule has 1 saturated heterocycles. The lowest BCUT2D eigenvalue weighted by atomic mass is 10.1. The zero-order valence-corrected chi connectivity index (χ0v) is 14.0. The number of amides is 1. The summed E-state index contributed by atoms with van der Waals surface area (Å²) in [5, 5.41) is 0.206. The first-order valence-corrected chi connectivity index (χ1v) is 8.93. The smallest absolute Gasteiger partial charge is 0.244 e. The fourth-order valence-electron chi connectivity index (χ4n) is 2.35. The largest absolute Gasteiger partial charge is 0.340 e. The zero-order chi connectivity index (χ0) is 16.3. The lowest BCUT2D eigenvalue weighted by Gasteiger charge is -2.35. The van der Waals surface area contributed by atoms with Crippen molar-refractivity contribution in [2.24, 2.45) is 11.7 Å². The number of benzene rings is 1. The van der Waals surface area contributed by atoms with Gasteiger partial charge in [0.15, 0.2) is 0 Å². The summed E-state index contributed by atoms with van der Waals surface area (Å²) in [4.78, 5) is 13.8. The van der Waals surface area contributed by atoms with Crippen LogP contribution in [0.1, 0.15) is 6.92 Å². The summed E-state index contributed by atoms with van der Waals surface area (Å²) in [6.45, 7) is 3.32. The highest BCUT2D eigenvalue weighted by Crippen LogP contribution is 2.25. The minimum Gasteiger partial charge on any atom is -0.340 e. The molecule has 0 saturated carbocycles. The minimum absolute atomic E-state index is 0.0303. The van der Waals surface area contributed by atoms with E-state index >= 15 is 0 Å². The van der Waals surface area contributed by atoms with Crippen molar-refractivity contribution >= 4 is 27.5 Å². The van der Waals surface area contributed by atoms with E-state index in [4.69, 9.17) is 17.3 Å². The molecule has 2 rings (SSSR count). The maximum atomic E-state index is 12.6. The van der Waals surface area contributed by atoms with Crippen molar-refractivity contribution in [3.8, 4) is 0 Å². The summed E-state index contributed by atoms with van der Waals surface area (Å²) in [5.74, 6) is -0.274. The molecule has 1 aliphatic rings.